The van der Waals surface area contributed by atoms with Crippen LogP contribution in [0.2, 0.25) is 0 Å². The first-order valence-corrected chi connectivity index (χ1v) is 5.09. The van der Waals surface area contributed by atoms with Crippen molar-refractivity contribution in [3.05, 3.63) is 11.6 Å². The van der Waals surface area contributed by atoms with Crippen LogP contribution in [0.3, 0.4) is 0 Å². The minimum atomic E-state index is 0.478. The van der Waals surface area contributed by atoms with E-state index in [-0.39, 0.29) is 0 Å². The topological polar surface area (TPSA) is 30.7 Å². The van der Waals surface area contributed by atoms with Gasteiger partial charge >= 0.3 is 0 Å². The Hall–Kier alpha value is -0.860. The number of rotatable bonds is 2. The van der Waals surface area contributed by atoms with Crippen molar-refractivity contribution in [2.24, 2.45) is 7.05 Å². The summed E-state index contributed by atoms with van der Waals surface area (Å²) in [5.74, 6) is 3.31. The summed E-state index contributed by atoms with van der Waals surface area (Å²) in [4.78, 5) is 4.58. The second-order valence-corrected chi connectivity index (χ2v) is 4.23. The third kappa shape index (κ3) is 1.47. The van der Waals surface area contributed by atoms with Crippen molar-refractivity contribution in [3.63, 3.8) is 0 Å². The number of nitrogens with zero attached hydrogens (tertiary/aromatic N) is 3. The van der Waals surface area contributed by atoms with Crippen LogP contribution >= 0.6 is 0 Å². The molecule has 0 aliphatic heterocycles. The quantitative estimate of drug-likeness (QED) is 0.697. The van der Waals surface area contributed by atoms with Crippen LogP contribution in [0.5, 0.6) is 0 Å². The number of aromatic nitrogens is 3. The SMILES string of the molecule is CC(C)c1nc(C2CCC2)nn1C. The average Bonchev–Trinajstić information content (AvgIpc) is 2.27. The molecule has 1 fully saturated rings. The number of aryl methyl sites for hydroxylation is 1. The molecule has 1 aromatic heterocycles. The summed E-state index contributed by atoms with van der Waals surface area (Å²) in [5, 5.41) is 4.46. The van der Waals surface area contributed by atoms with Gasteiger partial charge in [-0.05, 0) is 12.8 Å². The molecule has 0 N–H and O–H groups in total. The van der Waals surface area contributed by atoms with Crippen molar-refractivity contribution >= 4 is 0 Å². The first-order chi connectivity index (χ1) is 6.18. The van der Waals surface area contributed by atoms with Gasteiger partial charge in [0.2, 0.25) is 0 Å². The van der Waals surface area contributed by atoms with Crippen LogP contribution in [0.25, 0.3) is 0 Å². The van der Waals surface area contributed by atoms with E-state index in [4.69, 9.17) is 0 Å². The molecule has 0 saturated heterocycles. The van der Waals surface area contributed by atoms with Crippen LogP contribution in [0.1, 0.15) is 56.6 Å². The van der Waals surface area contributed by atoms with Gasteiger partial charge in [-0.25, -0.2) is 4.98 Å². The number of hydrogen-bond acceptors (Lipinski definition) is 2. The van der Waals surface area contributed by atoms with Gasteiger partial charge in [0.15, 0.2) is 5.82 Å². The lowest BCUT2D eigenvalue weighted by Crippen LogP contribution is -2.10. The molecule has 2 rings (SSSR count). The van der Waals surface area contributed by atoms with Gasteiger partial charge in [-0.1, -0.05) is 20.3 Å². The van der Waals surface area contributed by atoms with Crippen molar-refractivity contribution in [3.8, 4) is 0 Å². The molecular weight excluding hydrogens is 162 g/mol. The molecular formula is C10H17N3. The van der Waals surface area contributed by atoms with Gasteiger partial charge in [-0.2, -0.15) is 5.10 Å². The van der Waals surface area contributed by atoms with Crippen molar-refractivity contribution in [1.29, 1.82) is 0 Å². The molecule has 1 aliphatic carbocycles. The molecule has 0 spiro atoms. The monoisotopic (exact) mass is 179 g/mol. The summed E-state index contributed by atoms with van der Waals surface area (Å²) in [6.45, 7) is 4.32. The summed E-state index contributed by atoms with van der Waals surface area (Å²) in [6.07, 6.45) is 3.91. The molecule has 3 heteroatoms. The Kier molecular flexibility index (Phi) is 2.10. The predicted molar refractivity (Wildman–Crippen MR) is 51.7 cm³/mol. The smallest absolute Gasteiger partial charge is 0.154 e. The normalized spacial score (nSPS) is 17.8. The van der Waals surface area contributed by atoms with Crippen molar-refractivity contribution < 1.29 is 0 Å². The van der Waals surface area contributed by atoms with E-state index in [1.807, 2.05) is 11.7 Å². The van der Waals surface area contributed by atoms with E-state index in [1.54, 1.807) is 0 Å². The largest absolute Gasteiger partial charge is 0.253 e. The van der Waals surface area contributed by atoms with Crippen molar-refractivity contribution in [2.45, 2.75) is 44.9 Å². The van der Waals surface area contributed by atoms with Gasteiger partial charge in [-0.3, -0.25) is 4.68 Å². The third-order valence-corrected chi connectivity index (χ3v) is 2.80. The first kappa shape index (κ1) is 8.73. The lowest BCUT2D eigenvalue weighted by molar-refractivity contribution is 0.400. The minimum Gasteiger partial charge on any atom is -0.253 e. The molecule has 0 aromatic carbocycles. The van der Waals surface area contributed by atoms with E-state index < -0.39 is 0 Å². The van der Waals surface area contributed by atoms with Crippen LogP contribution < -0.4 is 0 Å². The molecule has 1 aromatic rings. The molecule has 1 saturated carbocycles. The first-order valence-electron chi connectivity index (χ1n) is 5.09. The van der Waals surface area contributed by atoms with Crippen LogP contribution in [0, 0.1) is 0 Å². The van der Waals surface area contributed by atoms with Crippen LogP contribution in [0.15, 0.2) is 0 Å². The van der Waals surface area contributed by atoms with E-state index >= 15 is 0 Å². The summed E-state index contributed by atoms with van der Waals surface area (Å²) in [6, 6.07) is 0. The van der Waals surface area contributed by atoms with E-state index in [9.17, 15) is 0 Å². The van der Waals surface area contributed by atoms with Crippen LogP contribution in [-0.4, -0.2) is 14.8 Å². The standard InChI is InChI=1S/C10H17N3/c1-7(2)10-11-9(12-13(10)3)8-5-4-6-8/h7-8H,4-6H2,1-3H3. The molecule has 0 unspecified atom stereocenters. The van der Waals surface area contributed by atoms with Crippen LogP contribution in [0.4, 0.5) is 0 Å². The Morgan fingerprint density at radius 3 is 2.46 bits per heavy atom. The Morgan fingerprint density at radius 2 is 2.08 bits per heavy atom. The molecule has 0 atom stereocenters. The average molecular weight is 179 g/mol. The fourth-order valence-electron chi connectivity index (χ4n) is 1.76. The van der Waals surface area contributed by atoms with Crippen LogP contribution in [-0.2, 0) is 7.05 Å². The highest BCUT2D eigenvalue weighted by atomic mass is 15.3. The zero-order valence-corrected chi connectivity index (χ0v) is 8.62. The van der Waals surface area contributed by atoms with E-state index in [0.29, 0.717) is 11.8 Å². The highest BCUT2D eigenvalue weighted by Crippen LogP contribution is 2.34. The second-order valence-electron chi connectivity index (χ2n) is 4.23. The van der Waals surface area contributed by atoms with Gasteiger partial charge in [-0.15, -0.1) is 0 Å². The lowest BCUT2D eigenvalue weighted by Gasteiger charge is -2.21. The molecule has 72 valence electrons. The zero-order chi connectivity index (χ0) is 9.42. The van der Waals surface area contributed by atoms with E-state index in [0.717, 1.165) is 11.6 Å². The van der Waals surface area contributed by atoms with Gasteiger partial charge in [0, 0.05) is 18.9 Å². The molecule has 13 heavy (non-hydrogen) atoms. The Labute approximate surface area is 79.2 Å². The third-order valence-electron chi connectivity index (χ3n) is 2.80. The van der Waals surface area contributed by atoms with Gasteiger partial charge in [0.25, 0.3) is 0 Å². The Morgan fingerprint density at radius 1 is 1.38 bits per heavy atom. The Balaban J connectivity index is 2.23. The van der Waals surface area contributed by atoms with Gasteiger partial charge in [0.05, 0.1) is 0 Å². The molecule has 0 bridgehead atoms. The maximum Gasteiger partial charge on any atom is 0.154 e. The fourth-order valence-corrected chi connectivity index (χ4v) is 1.76. The second kappa shape index (κ2) is 3.13. The molecule has 1 aliphatic rings. The maximum absolute atomic E-state index is 4.58. The fraction of sp³-hybridized carbons (Fsp3) is 0.800. The number of hydrogen-bond donors (Lipinski definition) is 0. The maximum atomic E-state index is 4.58. The van der Waals surface area contributed by atoms with Gasteiger partial charge in [0.1, 0.15) is 5.82 Å². The molecule has 3 nitrogen and oxygen atoms in total. The molecule has 0 radical (unpaired) electrons. The summed E-state index contributed by atoms with van der Waals surface area (Å²) >= 11 is 0. The van der Waals surface area contributed by atoms with E-state index in [2.05, 4.69) is 23.9 Å². The molecule has 0 amide bonds. The summed E-state index contributed by atoms with van der Waals surface area (Å²) in [7, 11) is 1.99. The highest BCUT2D eigenvalue weighted by molar-refractivity contribution is 5.04. The predicted octanol–water partition coefficient (Wildman–Crippen LogP) is 2.21. The molecule has 1 heterocycles. The van der Waals surface area contributed by atoms with Gasteiger partial charge < -0.3 is 0 Å². The highest BCUT2D eigenvalue weighted by Gasteiger charge is 2.24. The minimum absolute atomic E-state index is 0.478. The summed E-state index contributed by atoms with van der Waals surface area (Å²) in [5.41, 5.74) is 0. The lowest BCUT2D eigenvalue weighted by atomic mass is 9.85. The van der Waals surface area contributed by atoms with Crippen molar-refractivity contribution in [1.82, 2.24) is 14.8 Å². The summed E-state index contributed by atoms with van der Waals surface area (Å²) < 4.78 is 1.93. The zero-order valence-electron chi connectivity index (χ0n) is 8.62. The Bertz CT molecular complexity index is 297. The van der Waals surface area contributed by atoms with E-state index in [1.165, 1.54) is 19.3 Å². The van der Waals surface area contributed by atoms with Crippen molar-refractivity contribution in [2.75, 3.05) is 0 Å².